The van der Waals surface area contributed by atoms with Crippen molar-refractivity contribution in [3.63, 3.8) is 0 Å². The van der Waals surface area contributed by atoms with Gasteiger partial charge in [-0.1, -0.05) is 30.0 Å². The maximum atomic E-state index is 5.67. The van der Waals surface area contributed by atoms with E-state index in [-0.39, 0.29) is 0 Å². The van der Waals surface area contributed by atoms with E-state index in [2.05, 4.69) is 17.2 Å². The van der Waals surface area contributed by atoms with Gasteiger partial charge in [0.05, 0.1) is 6.10 Å². The number of piperidine rings is 1. The zero-order valence-corrected chi connectivity index (χ0v) is 9.41. The van der Waals surface area contributed by atoms with E-state index in [4.69, 9.17) is 4.74 Å². The first-order valence-electron chi connectivity index (χ1n) is 5.81. The van der Waals surface area contributed by atoms with Gasteiger partial charge in [-0.3, -0.25) is 0 Å². The van der Waals surface area contributed by atoms with Crippen LogP contribution >= 0.6 is 0 Å². The third-order valence-corrected chi connectivity index (χ3v) is 2.65. The zero-order chi connectivity index (χ0) is 11.1. The number of hydrogen-bond donors (Lipinski definition) is 1. The van der Waals surface area contributed by atoms with E-state index in [0.29, 0.717) is 12.7 Å². The first kappa shape index (κ1) is 11.2. The average Bonchev–Trinajstić information content (AvgIpc) is 2.37. The van der Waals surface area contributed by atoms with Crippen LogP contribution in [0.5, 0.6) is 0 Å². The van der Waals surface area contributed by atoms with Gasteiger partial charge in [-0.2, -0.15) is 0 Å². The second kappa shape index (κ2) is 6.32. The summed E-state index contributed by atoms with van der Waals surface area (Å²) in [5.74, 6) is 6.14. The Balaban J connectivity index is 1.73. The molecule has 1 aliphatic rings. The molecular weight excluding hydrogens is 198 g/mol. The molecule has 1 fully saturated rings. The van der Waals surface area contributed by atoms with E-state index in [0.717, 1.165) is 25.1 Å². The monoisotopic (exact) mass is 215 g/mol. The lowest BCUT2D eigenvalue weighted by Crippen LogP contribution is -2.35. The molecule has 2 heteroatoms. The third-order valence-electron chi connectivity index (χ3n) is 2.65. The van der Waals surface area contributed by atoms with Gasteiger partial charge in [0.15, 0.2) is 0 Å². The zero-order valence-electron chi connectivity index (χ0n) is 9.41. The van der Waals surface area contributed by atoms with E-state index in [1.165, 1.54) is 6.42 Å². The second-order valence-corrected chi connectivity index (χ2v) is 3.95. The van der Waals surface area contributed by atoms with Crippen molar-refractivity contribution in [3.05, 3.63) is 35.9 Å². The van der Waals surface area contributed by atoms with Gasteiger partial charge in [-0.15, -0.1) is 0 Å². The molecule has 0 aromatic heterocycles. The van der Waals surface area contributed by atoms with Gasteiger partial charge in [0.25, 0.3) is 0 Å². The Morgan fingerprint density at radius 1 is 1.31 bits per heavy atom. The largest absolute Gasteiger partial charge is 0.364 e. The Hall–Kier alpha value is -1.30. The van der Waals surface area contributed by atoms with Crippen LogP contribution in [0.2, 0.25) is 0 Å². The molecule has 16 heavy (non-hydrogen) atoms. The van der Waals surface area contributed by atoms with Crippen molar-refractivity contribution < 1.29 is 4.74 Å². The number of nitrogens with one attached hydrogen (secondary N) is 1. The molecule has 0 bridgehead atoms. The van der Waals surface area contributed by atoms with E-state index in [9.17, 15) is 0 Å². The van der Waals surface area contributed by atoms with Crippen LogP contribution in [0.25, 0.3) is 0 Å². The maximum absolute atomic E-state index is 5.67. The Bertz CT molecular complexity index is 357. The summed E-state index contributed by atoms with van der Waals surface area (Å²) in [4.78, 5) is 0. The predicted molar refractivity (Wildman–Crippen MR) is 65.2 cm³/mol. The van der Waals surface area contributed by atoms with Crippen LogP contribution in [0, 0.1) is 11.8 Å². The molecule has 1 aliphatic heterocycles. The molecule has 2 nitrogen and oxygen atoms in total. The van der Waals surface area contributed by atoms with Crippen LogP contribution < -0.4 is 5.32 Å². The van der Waals surface area contributed by atoms with E-state index >= 15 is 0 Å². The molecule has 0 saturated carbocycles. The summed E-state index contributed by atoms with van der Waals surface area (Å²) in [6.07, 6.45) is 2.70. The minimum absolute atomic E-state index is 0.346. The summed E-state index contributed by atoms with van der Waals surface area (Å²) in [5, 5.41) is 3.32. The van der Waals surface area contributed by atoms with Crippen LogP contribution in [0.15, 0.2) is 30.3 Å². The molecule has 1 aromatic rings. The first-order chi connectivity index (χ1) is 7.95. The molecule has 1 aromatic carbocycles. The lowest BCUT2D eigenvalue weighted by Gasteiger charge is -2.21. The molecular formula is C14H17NO. The number of rotatable bonds is 2. The highest BCUT2D eigenvalue weighted by Gasteiger charge is 2.11. The van der Waals surface area contributed by atoms with Crippen molar-refractivity contribution in [1.82, 2.24) is 5.32 Å². The van der Waals surface area contributed by atoms with Crippen LogP contribution in [0.1, 0.15) is 18.4 Å². The minimum atomic E-state index is 0.346. The van der Waals surface area contributed by atoms with Crippen molar-refractivity contribution in [3.8, 4) is 11.8 Å². The van der Waals surface area contributed by atoms with Crippen molar-refractivity contribution in [2.75, 3.05) is 19.7 Å². The summed E-state index contributed by atoms with van der Waals surface area (Å²) in [6, 6.07) is 10.0. The van der Waals surface area contributed by atoms with Gasteiger partial charge in [-0.05, 0) is 31.5 Å². The molecule has 84 valence electrons. The Labute approximate surface area is 97.0 Å². The number of ether oxygens (including phenoxy) is 1. The topological polar surface area (TPSA) is 21.3 Å². The summed E-state index contributed by atoms with van der Waals surface area (Å²) >= 11 is 0. The second-order valence-electron chi connectivity index (χ2n) is 3.95. The SMILES string of the molecule is C(#Cc1ccccc1)CO[C@H]1CCCNC1. The Morgan fingerprint density at radius 2 is 2.19 bits per heavy atom. The molecule has 0 radical (unpaired) electrons. The van der Waals surface area contributed by atoms with Gasteiger partial charge in [0.2, 0.25) is 0 Å². The standard InChI is InChI=1S/C14H17NO/c1-2-6-13(7-3-1)8-5-11-16-14-9-4-10-15-12-14/h1-3,6-7,14-15H,4,9-12H2/t14-/m0/s1. The summed E-state index contributed by atoms with van der Waals surface area (Å²) < 4.78 is 5.67. The average molecular weight is 215 g/mol. The Morgan fingerprint density at radius 3 is 2.94 bits per heavy atom. The van der Waals surface area contributed by atoms with Crippen LogP contribution in [-0.4, -0.2) is 25.8 Å². The van der Waals surface area contributed by atoms with Gasteiger partial charge < -0.3 is 10.1 Å². The normalized spacial score (nSPS) is 19.9. The predicted octanol–water partition coefficient (Wildman–Crippen LogP) is 1.81. The molecule has 2 rings (SSSR count). The van der Waals surface area contributed by atoms with Crippen molar-refractivity contribution in [1.29, 1.82) is 0 Å². The van der Waals surface area contributed by atoms with Gasteiger partial charge in [-0.25, -0.2) is 0 Å². The van der Waals surface area contributed by atoms with Crippen LogP contribution in [0.4, 0.5) is 0 Å². The molecule has 1 atom stereocenters. The first-order valence-corrected chi connectivity index (χ1v) is 5.81. The summed E-state index contributed by atoms with van der Waals surface area (Å²) in [7, 11) is 0. The van der Waals surface area contributed by atoms with Crippen LogP contribution in [-0.2, 0) is 4.74 Å². The van der Waals surface area contributed by atoms with Crippen molar-refractivity contribution in [2.24, 2.45) is 0 Å². The van der Waals surface area contributed by atoms with Crippen molar-refractivity contribution in [2.45, 2.75) is 18.9 Å². The molecule has 1 heterocycles. The quantitative estimate of drug-likeness (QED) is 0.760. The fraction of sp³-hybridized carbons (Fsp3) is 0.429. The van der Waals surface area contributed by atoms with Gasteiger partial charge >= 0.3 is 0 Å². The van der Waals surface area contributed by atoms with Crippen molar-refractivity contribution >= 4 is 0 Å². The molecule has 1 saturated heterocycles. The lowest BCUT2D eigenvalue weighted by atomic mass is 10.1. The van der Waals surface area contributed by atoms with Gasteiger partial charge in [0.1, 0.15) is 6.61 Å². The smallest absolute Gasteiger partial charge is 0.108 e. The third kappa shape index (κ3) is 3.69. The summed E-state index contributed by atoms with van der Waals surface area (Å²) in [6.45, 7) is 2.61. The highest BCUT2D eigenvalue weighted by atomic mass is 16.5. The fourth-order valence-corrected chi connectivity index (χ4v) is 1.78. The van der Waals surface area contributed by atoms with Gasteiger partial charge in [0, 0.05) is 12.1 Å². The van der Waals surface area contributed by atoms with Crippen LogP contribution in [0.3, 0.4) is 0 Å². The highest BCUT2D eigenvalue weighted by molar-refractivity contribution is 5.33. The molecule has 0 aliphatic carbocycles. The maximum Gasteiger partial charge on any atom is 0.108 e. The number of hydrogen-bond acceptors (Lipinski definition) is 2. The Kier molecular flexibility index (Phi) is 4.42. The van der Waals surface area contributed by atoms with E-state index in [1.54, 1.807) is 0 Å². The molecule has 1 N–H and O–H groups in total. The molecule has 0 spiro atoms. The molecule has 0 amide bonds. The van der Waals surface area contributed by atoms with E-state index in [1.807, 2.05) is 30.3 Å². The minimum Gasteiger partial charge on any atom is -0.364 e. The highest BCUT2D eigenvalue weighted by Crippen LogP contribution is 2.05. The number of benzene rings is 1. The fourth-order valence-electron chi connectivity index (χ4n) is 1.78. The lowest BCUT2D eigenvalue weighted by molar-refractivity contribution is 0.0591. The summed E-state index contributed by atoms with van der Waals surface area (Å²) in [5.41, 5.74) is 1.05. The van der Waals surface area contributed by atoms with E-state index < -0.39 is 0 Å². The molecule has 0 unspecified atom stereocenters.